The highest BCUT2D eigenvalue weighted by atomic mass is 79.9. The monoisotopic (exact) mass is 315 g/mol. The van der Waals surface area contributed by atoms with Gasteiger partial charge in [-0.1, -0.05) is 22.0 Å². The number of aryl methyl sites for hydroxylation is 1. The van der Waals surface area contributed by atoms with Crippen molar-refractivity contribution in [2.24, 2.45) is 0 Å². The van der Waals surface area contributed by atoms with Gasteiger partial charge in [0.1, 0.15) is 5.82 Å². The molecule has 0 saturated carbocycles. The second-order valence-electron chi connectivity index (χ2n) is 3.85. The molecule has 18 heavy (non-hydrogen) atoms. The maximum Gasteiger partial charge on any atom is 0.319 e. The number of rotatable bonds is 4. The lowest BCUT2D eigenvalue weighted by atomic mass is 10.2. The molecule has 6 heteroatoms. The number of halogens is 3. The van der Waals surface area contributed by atoms with Crippen molar-refractivity contribution < 1.29 is 8.78 Å². The van der Waals surface area contributed by atoms with Crippen LogP contribution in [0.5, 0.6) is 0 Å². The molecule has 0 saturated heterocycles. The number of alkyl halides is 2. The summed E-state index contributed by atoms with van der Waals surface area (Å²) < 4.78 is 27.0. The third-order valence-electron chi connectivity index (χ3n) is 2.58. The highest BCUT2D eigenvalue weighted by Gasteiger charge is 2.10. The molecule has 1 heterocycles. The van der Waals surface area contributed by atoms with Gasteiger partial charge in [0, 0.05) is 22.6 Å². The van der Waals surface area contributed by atoms with Gasteiger partial charge >= 0.3 is 6.55 Å². The molecule has 3 nitrogen and oxygen atoms in total. The Morgan fingerprint density at radius 2 is 2.22 bits per heavy atom. The summed E-state index contributed by atoms with van der Waals surface area (Å²) in [5.41, 5.74) is 1.98. The fraction of sp³-hybridized carbons (Fsp3) is 0.250. The van der Waals surface area contributed by atoms with Gasteiger partial charge in [-0.2, -0.15) is 8.78 Å². The summed E-state index contributed by atoms with van der Waals surface area (Å²) in [4.78, 5) is 3.90. The number of hydrogen-bond acceptors (Lipinski definition) is 2. The molecule has 0 bridgehead atoms. The summed E-state index contributed by atoms with van der Waals surface area (Å²) in [6.07, 6.45) is 2.64. The highest BCUT2D eigenvalue weighted by molar-refractivity contribution is 9.10. The normalized spacial score (nSPS) is 10.9. The number of nitrogens with zero attached hydrogens (tertiary/aromatic N) is 2. The summed E-state index contributed by atoms with van der Waals surface area (Å²) in [7, 11) is 0. The van der Waals surface area contributed by atoms with Crippen molar-refractivity contribution in [3.8, 4) is 0 Å². The molecule has 0 atom stereocenters. The number of aromatic nitrogens is 2. The Kier molecular flexibility index (Phi) is 3.96. The topological polar surface area (TPSA) is 29.9 Å². The van der Waals surface area contributed by atoms with Crippen molar-refractivity contribution in [3.63, 3.8) is 0 Å². The van der Waals surface area contributed by atoms with Crippen LogP contribution in [0.15, 0.2) is 35.1 Å². The standard InChI is InChI=1S/C12H12BrF2N3/c1-8-2-3-9(6-10(8)13)17-7-11-16-4-5-18(11)12(14)15/h2-6,12,17H,7H2,1H3. The summed E-state index contributed by atoms with van der Waals surface area (Å²) in [6.45, 7) is -0.321. The van der Waals surface area contributed by atoms with Gasteiger partial charge in [0.15, 0.2) is 0 Å². The molecule has 0 spiro atoms. The van der Waals surface area contributed by atoms with Crippen LogP contribution in [0.25, 0.3) is 0 Å². The van der Waals surface area contributed by atoms with E-state index in [0.717, 1.165) is 20.3 Å². The quantitative estimate of drug-likeness (QED) is 0.925. The molecule has 0 amide bonds. The molecule has 0 unspecified atom stereocenters. The lowest BCUT2D eigenvalue weighted by Gasteiger charge is -2.09. The number of benzene rings is 1. The molecule has 0 aliphatic rings. The Morgan fingerprint density at radius 3 is 2.89 bits per heavy atom. The van der Waals surface area contributed by atoms with E-state index < -0.39 is 6.55 Å². The van der Waals surface area contributed by atoms with Gasteiger partial charge in [-0.15, -0.1) is 0 Å². The molecule has 1 aromatic carbocycles. The maximum absolute atomic E-state index is 12.6. The minimum absolute atomic E-state index is 0.257. The molecule has 2 rings (SSSR count). The van der Waals surface area contributed by atoms with E-state index in [1.54, 1.807) is 0 Å². The zero-order valence-corrected chi connectivity index (χ0v) is 11.3. The van der Waals surface area contributed by atoms with E-state index in [0.29, 0.717) is 5.82 Å². The summed E-state index contributed by atoms with van der Waals surface area (Å²) >= 11 is 3.42. The number of nitrogens with one attached hydrogen (secondary N) is 1. The van der Waals surface area contributed by atoms with Crippen molar-refractivity contribution in [3.05, 3.63) is 46.5 Å². The Labute approximate surface area is 112 Å². The summed E-state index contributed by atoms with van der Waals surface area (Å²) in [5, 5.41) is 3.06. The van der Waals surface area contributed by atoms with Crippen LogP contribution >= 0.6 is 15.9 Å². The van der Waals surface area contributed by atoms with E-state index in [1.807, 2.05) is 25.1 Å². The van der Waals surface area contributed by atoms with Crippen LogP contribution in [0.4, 0.5) is 14.5 Å². The van der Waals surface area contributed by atoms with Crippen LogP contribution in [-0.2, 0) is 6.54 Å². The Hall–Kier alpha value is -1.43. The van der Waals surface area contributed by atoms with E-state index in [2.05, 4.69) is 26.2 Å². The predicted molar refractivity (Wildman–Crippen MR) is 69.7 cm³/mol. The van der Waals surface area contributed by atoms with Gasteiger partial charge < -0.3 is 5.32 Å². The van der Waals surface area contributed by atoms with Gasteiger partial charge in [0.2, 0.25) is 0 Å². The minimum Gasteiger partial charge on any atom is -0.378 e. The second-order valence-corrected chi connectivity index (χ2v) is 4.70. The second kappa shape index (κ2) is 5.48. The van der Waals surface area contributed by atoms with Crippen molar-refractivity contribution in [2.75, 3.05) is 5.32 Å². The van der Waals surface area contributed by atoms with Crippen molar-refractivity contribution in [1.82, 2.24) is 9.55 Å². The first-order chi connectivity index (χ1) is 8.58. The smallest absolute Gasteiger partial charge is 0.319 e. The van der Waals surface area contributed by atoms with E-state index in [-0.39, 0.29) is 6.54 Å². The number of imidazole rings is 1. The third-order valence-corrected chi connectivity index (χ3v) is 3.44. The molecule has 0 aliphatic heterocycles. The average molecular weight is 316 g/mol. The van der Waals surface area contributed by atoms with Gasteiger partial charge in [0.05, 0.1) is 6.54 Å². The first-order valence-corrected chi connectivity index (χ1v) is 6.17. The number of hydrogen-bond donors (Lipinski definition) is 1. The zero-order chi connectivity index (χ0) is 13.1. The Balaban J connectivity index is 2.07. The maximum atomic E-state index is 12.6. The lowest BCUT2D eigenvalue weighted by molar-refractivity contribution is 0.0673. The van der Waals surface area contributed by atoms with Crippen LogP contribution in [-0.4, -0.2) is 9.55 Å². The van der Waals surface area contributed by atoms with Gasteiger partial charge in [0.25, 0.3) is 0 Å². The predicted octanol–water partition coefficient (Wildman–Crippen LogP) is 3.96. The fourth-order valence-corrected chi connectivity index (χ4v) is 1.92. The van der Waals surface area contributed by atoms with Crippen molar-refractivity contribution in [2.45, 2.75) is 20.0 Å². The van der Waals surface area contributed by atoms with Crippen LogP contribution < -0.4 is 5.32 Å². The minimum atomic E-state index is -2.56. The molecule has 2 aromatic rings. The molecule has 96 valence electrons. The fourth-order valence-electron chi connectivity index (χ4n) is 1.54. The molecular formula is C12H12BrF2N3. The molecule has 0 aliphatic carbocycles. The molecule has 0 radical (unpaired) electrons. The largest absolute Gasteiger partial charge is 0.378 e. The third kappa shape index (κ3) is 2.87. The SMILES string of the molecule is Cc1ccc(NCc2nccn2C(F)F)cc1Br. The summed E-state index contributed by atoms with van der Waals surface area (Å²) in [6, 6.07) is 5.76. The first kappa shape index (κ1) is 13.0. The molecule has 1 aromatic heterocycles. The van der Waals surface area contributed by atoms with Gasteiger partial charge in [-0.25, -0.2) is 4.98 Å². The van der Waals surface area contributed by atoms with Gasteiger partial charge in [-0.05, 0) is 24.6 Å². The van der Waals surface area contributed by atoms with Crippen LogP contribution in [0.3, 0.4) is 0 Å². The van der Waals surface area contributed by atoms with Crippen LogP contribution in [0.1, 0.15) is 17.9 Å². The Bertz CT molecular complexity index is 540. The van der Waals surface area contributed by atoms with E-state index in [9.17, 15) is 8.78 Å². The highest BCUT2D eigenvalue weighted by Crippen LogP contribution is 2.21. The van der Waals surface area contributed by atoms with E-state index in [1.165, 1.54) is 12.4 Å². The molecule has 0 fully saturated rings. The van der Waals surface area contributed by atoms with Gasteiger partial charge in [-0.3, -0.25) is 4.57 Å². The first-order valence-electron chi connectivity index (χ1n) is 5.38. The van der Waals surface area contributed by atoms with Crippen molar-refractivity contribution >= 4 is 21.6 Å². The van der Waals surface area contributed by atoms with Crippen molar-refractivity contribution in [1.29, 1.82) is 0 Å². The van der Waals surface area contributed by atoms with E-state index >= 15 is 0 Å². The number of anilines is 1. The molecule has 1 N–H and O–H groups in total. The van der Waals surface area contributed by atoms with Crippen LogP contribution in [0.2, 0.25) is 0 Å². The zero-order valence-electron chi connectivity index (χ0n) is 9.70. The average Bonchev–Trinajstić information content (AvgIpc) is 2.79. The van der Waals surface area contributed by atoms with E-state index in [4.69, 9.17) is 0 Å². The Morgan fingerprint density at radius 1 is 1.44 bits per heavy atom. The molecular weight excluding hydrogens is 304 g/mol. The van der Waals surface area contributed by atoms with Crippen LogP contribution in [0, 0.1) is 6.92 Å². The summed E-state index contributed by atoms with van der Waals surface area (Å²) in [5.74, 6) is 0.307. The lowest BCUT2D eigenvalue weighted by Crippen LogP contribution is -2.09.